The van der Waals surface area contributed by atoms with Crippen LogP contribution < -0.4 is 118 Å². The number of hydrazine groups is 1. The summed E-state index contributed by atoms with van der Waals surface area (Å²) in [5, 5.41) is 191. The zero-order valence-electron chi connectivity index (χ0n) is 79.4. The predicted octanol–water partition coefficient (Wildman–Crippen LogP) is -9.23. The summed E-state index contributed by atoms with van der Waals surface area (Å²) in [6.07, 6.45) is -21.5. The van der Waals surface area contributed by atoms with Gasteiger partial charge in [0.2, 0.25) is 65.0 Å². The number of nitrogens with two attached hydrogens (primary N) is 2. The van der Waals surface area contributed by atoms with E-state index in [0.29, 0.717) is 41.7 Å². The molecule has 4 aromatic rings. The number of hydrogen-bond acceptors (Lipinski definition) is 42. The van der Waals surface area contributed by atoms with Crippen LogP contribution in [0.2, 0.25) is 0 Å². The Bertz CT molecular complexity index is 5160. The Hall–Kier alpha value is -14.3. The van der Waals surface area contributed by atoms with Crippen molar-refractivity contribution in [2.24, 2.45) is 5.73 Å². The molecule has 39 N–H and O–H groups in total. The average Bonchev–Trinajstić information content (AvgIpc) is 0.810. The summed E-state index contributed by atoms with van der Waals surface area (Å²) in [6.45, 7) is -3.45. The van der Waals surface area contributed by atoms with Crippen LogP contribution in [-0.4, -0.2) is 373 Å². The summed E-state index contributed by atoms with van der Waals surface area (Å²) in [7, 11) is 1.66. The molecule has 0 saturated heterocycles. The maximum Gasteiger partial charge on any atom is 0.426 e. The van der Waals surface area contributed by atoms with Gasteiger partial charge in [-0.3, -0.25) is 88.5 Å². The number of nitrogens with one attached hydrogen (secondary N) is 21. The molecule has 2 aliphatic rings. The fourth-order valence-electron chi connectivity index (χ4n) is 13.6. The Labute approximate surface area is 845 Å². The molecule has 61 heteroatoms. The number of nitrogens with zero attached hydrogens (tertiary/aromatic N) is 3. The number of aliphatic carboxylic acids is 4. The van der Waals surface area contributed by atoms with E-state index in [2.05, 4.69) is 110 Å². The molecule has 59 nitrogen and oxygen atoms in total. The number of anilines is 6. The summed E-state index contributed by atoms with van der Waals surface area (Å²) in [6, 6.07) is -1.78. The van der Waals surface area contributed by atoms with Crippen molar-refractivity contribution < 1.29 is 163 Å². The van der Waals surface area contributed by atoms with Crippen LogP contribution in [-0.2, 0) is 78.4 Å². The standard InChI is InChI=1S/C86H128N26O33S2/c87-71-69-72(108-84(88)107-71)96-33-46(98-69)31-91-45-9-5-43(6-10-45)75(133)105-58(82(140)141)18-24-66(127)111-112-86(144)145-28-29-146-147-41-59(83(142)143)106-80(138)55(16-22-63(124)94-36-49(117)12-14-51(119)39-114)102-79(137)57(20-26-68(130)131)104-77(135)54(17-23-64(125)95-37-61(122)60(121)30-52(120)40-115)101-78(136)56(19-25-67(128)129)103-76(134)53(15-21-62(123)93-35-48(116)11-13-50(118)38-113)100-65(126)2-1-27-90-74(132)42-3-7-44(8-4-42)92-32-47-34-97-73-70(99-47)81(139)110-85(89)109-73/h3-10,34,46,48-61,85,91-92,98,113-122H,1-2,11-33,35-41,89H2,(H,90,132)(H,93,123)(H,94,124)(H,95,125)(H,97,109)(H,100,126)(H,101,136)(H,102,137)(H,103,134)(H,104,135)(H,105,133)(H,106,138)(H,110,139)(H,111,127)(H,112,144)(H,128,129)(H,130,131)(H,140,141)(H,142,143)(H5,87,88,96,107,108)/t46?,48-,49-,50+,51+,52+,53+,54+,55+,56-,57-,58+,59-,60?,61+,85?/m1/s1. The van der Waals surface area contributed by atoms with Gasteiger partial charge in [0.15, 0.2) is 29.1 Å². The summed E-state index contributed by atoms with van der Waals surface area (Å²) >= 11 is 0. The van der Waals surface area contributed by atoms with Crippen molar-refractivity contribution in [2.45, 2.75) is 226 Å². The molecule has 0 bridgehead atoms. The van der Waals surface area contributed by atoms with Crippen LogP contribution in [0.25, 0.3) is 0 Å². The Balaban J connectivity index is 1.13. The van der Waals surface area contributed by atoms with Gasteiger partial charge < -0.3 is 177 Å². The van der Waals surface area contributed by atoms with E-state index in [1.54, 1.807) is 24.3 Å². The van der Waals surface area contributed by atoms with E-state index in [4.69, 9.17) is 21.6 Å². The lowest BCUT2D eigenvalue weighted by Gasteiger charge is -2.28. The van der Waals surface area contributed by atoms with Crippen LogP contribution in [0.4, 0.5) is 39.4 Å². The van der Waals surface area contributed by atoms with Crippen molar-refractivity contribution in [3.63, 3.8) is 0 Å². The number of aromatic amines is 1. The van der Waals surface area contributed by atoms with E-state index in [1.807, 2.05) is 10.9 Å². The van der Waals surface area contributed by atoms with Crippen molar-refractivity contribution in [3.05, 3.63) is 82.7 Å². The normalized spacial score (nSPS) is 15.7. The highest BCUT2D eigenvalue weighted by molar-refractivity contribution is 8.76. The van der Waals surface area contributed by atoms with Gasteiger partial charge in [-0.1, -0.05) is 21.6 Å². The van der Waals surface area contributed by atoms with Gasteiger partial charge in [-0.05, 0) is 119 Å². The van der Waals surface area contributed by atoms with Gasteiger partial charge in [0.05, 0.1) is 87.0 Å². The first-order valence-corrected chi connectivity index (χ1v) is 48.8. The first-order valence-electron chi connectivity index (χ1n) is 46.4. The van der Waals surface area contributed by atoms with Crippen LogP contribution >= 0.6 is 21.6 Å². The lowest BCUT2D eigenvalue weighted by atomic mass is 10.0. The zero-order valence-corrected chi connectivity index (χ0v) is 81.0. The topological polar surface area (TPSA) is 959 Å². The van der Waals surface area contributed by atoms with E-state index >= 15 is 0 Å². The highest BCUT2D eigenvalue weighted by Crippen LogP contribution is 2.25. The largest absolute Gasteiger partial charge is 0.481 e. The van der Waals surface area contributed by atoms with E-state index in [0.717, 1.165) is 21.6 Å². The van der Waals surface area contributed by atoms with Crippen molar-refractivity contribution in [2.75, 3.05) is 110 Å². The average molecular weight is 2120 g/mol. The van der Waals surface area contributed by atoms with Gasteiger partial charge in [-0.25, -0.2) is 29.8 Å². The molecule has 4 heterocycles. The quantitative estimate of drug-likeness (QED) is 0.0111. The number of aliphatic hydroxyl groups excluding tert-OH is 10. The highest BCUT2D eigenvalue weighted by atomic mass is 33.1. The van der Waals surface area contributed by atoms with Crippen LogP contribution in [0.5, 0.6) is 0 Å². The van der Waals surface area contributed by atoms with Gasteiger partial charge in [0.25, 0.3) is 17.7 Å². The summed E-state index contributed by atoms with van der Waals surface area (Å²) < 4.78 is 5.04. The van der Waals surface area contributed by atoms with Crippen molar-refractivity contribution in [1.29, 1.82) is 5.41 Å². The molecule has 16 atom stereocenters. The number of nitrogen functional groups attached to an aromatic ring is 1. The number of ether oxygens (including phenoxy) is 1. The second-order valence-electron chi connectivity index (χ2n) is 33.7. The first-order chi connectivity index (χ1) is 69.9. The number of benzene rings is 2. The zero-order chi connectivity index (χ0) is 108. The number of hydrogen-bond donors (Lipinski definition) is 37. The number of carbonyl (C=O) groups excluding carboxylic acids is 14. The van der Waals surface area contributed by atoms with Gasteiger partial charge in [-0.2, -0.15) is 4.98 Å². The first kappa shape index (κ1) is 121. The number of aliphatic hydroxyl groups is 10. The molecule has 2 aromatic heterocycles. The Morgan fingerprint density at radius 3 is 1.46 bits per heavy atom. The SMILES string of the molecule is N=c1[nH]c(N)nc2c1NC(CNc1ccc(C(=O)N[C@@H](CCC(=O)NNC(=O)OCCSSC[C@@H](NC(=O)[C@H](CCC(=O)NC[C@H](O)CC[C@H](O)CO)NC(=O)[C@@H](CCC(=O)O)NC(=O)[C@H](CCC(=O)NC[C@H](O)C(O)C[C@H](O)CO)NC(=O)[C@@H](CCC(=O)O)NC(=O)[C@H](CCC(=O)NC[C@H](O)CC[C@H](O)CO)NC(=O)CCCNC(=O)c3ccc(NCc4cnc5c(n4)C(=O)NC(N)N5)cc3)C(=O)O)C(=O)O)cc1)CN2. The lowest BCUT2D eigenvalue weighted by Crippen LogP contribution is -2.59. The summed E-state index contributed by atoms with van der Waals surface area (Å²) in [5.41, 5.74) is 17.6. The van der Waals surface area contributed by atoms with E-state index in [-0.39, 0.29) is 91.1 Å². The van der Waals surface area contributed by atoms with Gasteiger partial charge >= 0.3 is 30.0 Å². The maximum atomic E-state index is 14.9. The monoisotopic (exact) mass is 2120 g/mol. The lowest BCUT2D eigenvalue weighted by molar-refractivity contribution is -0.142. The molecule has 0 spiro atoms. The number of carboxylic acids is 4. The molecule has 812 valence electrons. The second kappa shape index (κ2) is 63.9. The smallest absolute Gasteiger partial charge is 0.426 e. The number of carboxylic acid groups (broad SMARTS) is 4. The molecule has 0 aliphatic carbocycles. The third kappa shape index (κ3) is 45.9. The molecule has 2 aliphatic heterocycles. The molecule has 14 amide bonds. The molecular weight excluding hydrogens is 1990 g/mol. The number of fused-ring (bicyclic) bond motifs is 2. The molecule has 6 rings (SSSR count). The van der Waals surface area contributed by atoms with Crippen LogP contribution in [0.15, 0.2) is 54.7 Å². The van der Waals surface area contributed by atoms with Gasteiger partial charge in [-0.15, -0.1) is 0 Å². The fraction of sp³-hybridized carbons (Fsp3) is 0.558. The van der Waals surface area contributed by atoms with E-state index < -0.39 is 340 Å². The molecule has 2 aromatic carbocycles. The van der Waals surface area contributed by atoms with Crippen molar-refractivity contribution in [3.8, 4) is 0 Å². The number of H-pyrrole nitrogens is 1. The van der Waals surface area contributed by atoms with Gasteiger partial charge in [0, 0.05) is 125 Å². The third-order valence-corrected chi connectivity index (χ3v) is 24.2. The van der Waals surface area contributed by atoms with Crippen LogP contribution in [0.3, 0.4) is 0 Å². The fourth-order valence-corrected chi connectivity index (χ4v) is 15.6. The minimum atomic E-state index is -2.16. The minimum Gasteiger partial charge on any atom is -0.481 e. The van der Waals surface area contributed by atoms with Crippen molar-refractivity contribution >= 4 is 163 Å². The maximum absolute atomic E-state index is 14.9. The molecule has 0 radical (unpaired) electrons. The van der Waals surface area contributed by atoms with Crippen molar-refractivity contribution in [1.82, 2.24) is 94.6 Å². The highest BCUT2D eigenvalue weighted by Gasteiger charge is 2.37. The number of carbonyl (C=O) groups is 18. The Morgan fingerprint density at radius 2 is 0.946 bits per heavy atom. The Morgan fingerprint density at radius 1 is 0.476 bits per heavy atom. The number of rotatable bonds is 68. The molecule has 147 heavy (non-hydrogen) atoms. The van der Waals surface area contributed by atoms with Gasteiger partial charge in [0.1, 0.15) is 54.6 Å². The van der Waals surface area contributed by atoms with E-state index in [9.17, 15) is 158 Å². The number of aromatic nitrogens is 4. The minimum absolute atomic E-state index is 0.0254. The van der Waals surface area contributed by atoms with E-state index in [1.165, 1.54) is 30.5 Å². The van der Waals surface area contributed by atoms with Crippen LogP contribution in [0, 0.1) is 5.41 Å². The van der Waals surface area contributed by atoms with Crippen LogP contribution in [0.1, 0.15) is 159 Å². The molecule has 0 fully saturated rings. The molecular formula is C86H128N26O33S2. The molecule has 3 unspecified atom stereocenters. The molecule has 0 saturated carbocycles. The second-order valence-corrected chi connectivity index (χ2v) is 36.3. The number of amides is 14. The predicted molar refractivity (Wildman–Crippen MR) is 518 cm³/mol. The summed E-state index contributed by atoms with van der Waals surface area (Å²) in [5.74, 6) is -19.9. The Kier molecular flexibility index (Phi) is 52.8. The summed E-state index contributed by atoms with van der Waals surface area (Å²) in [4.78, 5) is 256. The third-order valence-electron chi connectivity index (χ3n) is 21.8.